The number of aromatic nitrogens is 2. The lowest BCUT2D eigenvalue weighted by molar-refractivity contribution is -0.686. The van der Waals surface area contributed by atoms with Gasteiger partial charge in [-0.25, -0.2) is 4.57 Å². The van der Waals surface area contributed by atoms with Crippen LogP contribution in [0.5, 0.6) is 11.6 Å². The van der Waals surface area contributed by atoms with Gasteiger partial charge in [0.15, 0.2) is 0 Å². The van der Waals surface area contributed by atoms with Gasteiger partial charge in [0.2, 0.25) is 12.1 Å². The Morgan fingerprint density at radius 1 is 0.968 bits per heavy atom. The molecule has 0 saturated carbocycles. The van der Waals surface area contributed by atoms with Crippen molar-refractivity contribution in [3.63, 3.8) is 0 Å². The molecule has 2 N–H and O–H groups in total. The summed E-state index contributed by atoms with van der Waals surface area (Å²) < 4.78 is 8.36. The van der Waals surface area contributed by atoms with Gasteiger partial charge in [-0.1, -0.05) is 65.6 Å². The zero-order valence-corrected chi connectivity index (χ0v) is 18.0. The van der Waals surface area contributed by atoms with Crippen LogP contribution in [-0.2, 0) is 6.54 Å². The fourth-order valence-electron chi connectivity index (χ4n) is 4.50. The molecule has 0 bridgehead atoms. The van der Waals surface area contributed by atoms with Gasteiger partial charge in [0, 0.05) is 12.1 Å². The first-order valence-electron chi connectivity index (χ1n) is 10.7. The molecule has 5 rings (SSSR count). The summed E-state index contributed by atoms with van der Waals surface area (Å²) in [7, 11) is 4.17. The van der Waals surface area contributed by atoms with E-state index in [1.165, 1.54) is 16.3 Å². The molecule has 156 valence electrons. The van der Waals surface area contributed by atoms with Crippen LogP contribution in [0, 0.1) is 0 Å². The minimum atomic E-state index is -0.0418. The van der Waals surface area contributed by atoms with Crippen LogP contribution in [0.3, 0.4) is 0 Å². The molecule has 5 heteroatoms. The number of hydrogen-bond acceptors (Lipinski definition) is 4. The maximum Gasteiger partial charge on any atom is 0.306 e. The van der Waals surface area contributed by atoms with Gasteiger partial charge < -0.3 is 15.4 Å². The van der Waals surface area contributed by atoms with Gasteiger partial charge >= 0.3 is 5.88 Å². The number of anilines is 1. The van der Waals surface area contributed by atoms with E-state index in [0.717, 1.165) is 42.2 Å². The van der Waals surface area contributed by atoms with E-state index in [0.29, 0.717) is 5.88 Å². The van der Waals surface area contributed by atoms with Crippen LogP contribution in [0.2, 0.25) is 0 Å². The Balaban J connectivity index is 1.71. The van der Waals surface area contributed by atoms with Crippen LogP contribution < -0.4 is 15.0 Å². The summed E-state index contributed by atoms with van der Waals surface area (Å²) in [6.07, 6.45) is 2.80. The summed E-state index contributed by atoms with van der Waals surface area (Å²) in [5, 5.41) is 2.37. The van der Waals surface area contributed by atoms with Gasteiger partial charge in [-0.3, -0.25) is 0 Å². The third-order valence-electron chi connectivity index (χ3n) is 5.98. The van der Waals surface area contributed by atoms with Crippen molar-refractivity contribution in [3.8, 4) is 11.6 Å². The number of nitrogens with two attached hydrogens (primary N) is 1. The van der Waals surface area contributed by atoms with Crippen molar-refractivity contribution in [2.75, 3.05) is 26.4 Å². The van der Waals surface area contributed by atoms with Crippen molar-refractivity contribution in [3.05, 3.63) is 89.7 Å². The SMILES string of the molecule is CN(C)CCC[n+]1cnc2c(c1N)[C@@H](c1ccccc1)c1c(ccc3ccccc13)O2. The number of rotatable bonds is 5. The van der Waals surface area contributed by atoms with E-state index >= 15 is 0 Å². The molecular formula is C26H27N4O+. The first kappa shape index (κ1) is 19.5. The number of ether oxygens (including phenoxy) is 1. The average molecular weight is 412 g/mol. The monoisotopic (exact) mass is 411 g/mol. The van der Waals surface area contributed by atoms with E-state index in [9.17, 15) is 0 Å². The van der Waals surface area contributed by atoms with E-state index in [1.54, 1.807) is 6.33 Å². The smallest absolute Gasteiger partial charge is 0.306 e. The van der Waals surface area contributed by atoms with Gasteiger partial charge in [-0.2, -0.15) is 0 Å². The van der Waals surface area contributed by atoms with Crippen LogP contribution >= 0.6 is 0 Å². The number of nitrogen functional groups attached to an aromatic ring is 1. The van der Waals surface area contributed by atoms with E-state index in [1.807, 2.05) is 12.1 Å². The van der Waals surface area contributed by atoms with E-state index in [4.69, 9.17) is 10.5 Å². The van der Waals surface area contributed by atoms with Gasteiger partial charge in [0.1, 0.15) is 11.3 Å². The van der Waals surface area contributed by atoms with Crippen LogP contribution in [0.25, 0.3) is 10.8 Å². The average Bonchev–Trinajstić information content (AvgIpc) is 2.79. The van der Waals surface area contributed by atoms with Crippen LogP contribution in [0.1, 0.15) is 29.0 Å². The van der Waals surface area contributed by atoms with Gasteiger partial charge in [0.25, 0.3) is 0 Å². The molecule has 0 amide bonds. The zero-order valence-electron chi connectivity index (χ0n) is 18.0. The number of fused-ring (bicyclic) bond motifs is 4. The Morgan fingerprint density at radius 2 is 1.74 bits per heavy atom. The summed E-state index contributed by atoms with van der Waals surface area (Å²) in [5.74, 6) is 2.12. The minimum Gasteiger partial charge on any atom is -0.426 e. The maximum atomic E-state index is 6.78. The summed E-state index contributed by atoms with van der Waals surface area (Å²) in [4.78, 5) is 6.86. The van der Waals surface area contributed by atoms with Crippen molar-refractivity contribution >= 4 is 16.6 Å². The van der Waals surface area contributed by atoms with E-state index < -0.39 is 0 Å². The highest BCUT2D eigenvalue weighted by molar-refractivity contribution is 5.90. The first-order chi connectivity index (χ1) is 15.1. The molecule has 1 aliphatic heterocycles. The molecule has 0 radical (unpaired) electrons. The second kappa shape index (κ2) is 8.00. The number of hydrogen-bond donors (Lipinski definition) is 1. The molecule has 1 atom stereocenters. The van der Waals surface area contributed by atoms with Crippen LogP contribution in [0.15, 0.2) is 73.1 Å². The maximum absolute atomic E-state index is 6.78. The molecule has 1 aliphatic rings. The minimum absolute atomic E-state index is 0.0418. The quantitative estimate of drug-likeness (QED) is 0.437. The largest absolute Gasteiger partial charge is 0.426 e. The summed E-state index contributed by atoms with van der Waals surface area (Å²) in [6.45, 7) is 1.81. The fourth-order valence-corrected chi connectivity index (χ4v) is 4.50. The summed E-state index contributed by atoms with van der Waals surface area (Å²) in [5.41, 5.74) is 10.1. The molecule has 31 heavy (non-hydrogen) atoms. The lowest BCUT2D eigenvalue weighted by Crippen LogP contribution is -2.40. The van der Waals surface area contributed by atoms with Gasteiger partial charge in [-0.15, -0.1) is 0 Å². The number of nitrogens with zero attached hydrogens (tertiary/aromatic N) is 3. The fraction of sp³-hybridized carbons (Fsp3) is 0.231. The second-order valence-electron chi connectivity index (χ2n) is 8.34. The molecule has 3 aromatic carbocycles. The Morgan fingerprint density at radius 3 is 2.55 bits per heavy atom. The van der Waals surface area contributed by atoms with Crippen molar-refractivity contribution < 1.29 is 9.30 Å². The number of aryl methyl sites for hydroxylation is 1. The standard InChI is InChI=1S/C26H26N4O/c1-29(2)15-8-16-30-17-28-26-24(25(30)27)22(19-10-4-3-5-11-19)23-20-12-7-6-9-18(20)13-14-21(23)31-26/h3-7,9-14,17,22,27H,8,15-16H2,1-2H3/p+1/t22-/m0/s1. The molecule has 1 aromatic heterocycles. The van der Waals surface area contributed by atoms with Gasteiger partial charge in [-0.05, 0) is 42.9 Å². The predicted octanol–water partition coefficient (Wildman–Crippen LogP) is 4.34. The summed E-state index contributed by atoms with van der Waals surface area (Å²) >= 11 is 0. The molecule has 4 aromatic rings. The molecular weight excluding hydrogens is 384 g/mol. The Bertz CT molecular complexity index is 1240. The third kappa shape index (κ3) is 3.51. The van der Waals surface area contributed by atoms with Gasteiger partial charge in [0.05, 0.1) is 12.5 Å². The van der Waals surface area contributed by atoms with E-state index in [2.05, 4.69) is 83.1 Å². The zero-order chi connectivity index (χ0) is 21.4. The Hall–Kier alpha value is -3.44. The van der Waals surface area contributed by atoms with Crippen LogP contribution in [0.4, 0.5) is 5.82 Å². The molecule has 0 spiro atoms. The highest BCUT2D eigenvalue weighted by Crippen LogP contribution is 2.50. The Labute approximate surface area is 182 Å². The molecule has 0 aliphatic carbocycles. The molecule has 2 heterocycles. The molecule has 0 unspecified atom stereocenters. The lowest BCUT2D eigenvalue weighted by atomic mass is 9.81. The van der Waals surface area contributed by atoms with Crippen molar-refractivity contribution in [1.29, 1.82) is 0 Å². The van der Waals surface area contributed by atoms with Crippen molar-refractivity contribution in [1.82, 2.24) is 9.88 Å². The highest BCUT2D eigenvalue weighted by Gasteiger charge is 2.37. The van der Waals surface area contributed by atoms with E-state index in [-0.39, 0.29) is 5.92 Å². The van der Waals surface area contributed by atoms with Crippen LogP contribution in [-0.4, -0.2) is 30.5 Å². The summed E-state index contributed by atoms with van der Waals surface area (Å²) in [6, 6.07) is 23.1. The molecule has 0 fully saturated rings. The van der Waals surface area contributed by atoms with Crippen molar-refractivity contribution in [2.45, 2.75) is 18.9 Å². The Kier molecular flexibility index (Phi) is 5.04. The van der Waals surface area contributed by atoms with Crippen molar-refractivity contribution in [2.24, 2.45) is 0 Å². The normalized spacial score (nSPS) is 14.9. The first-order valence-corrected chi connectivity index (χ1v) is 10.7. The molecule has 5 nitrogen and oxygen atoms in total. The predicted molar refractivity (Wildman–Crippen MR) is 123 cm³/mol. The second-order valence-corrected chi connectivity index (χ2v) is 8.34. The molecule has 0 saturated heterocycles. The highest BCUT2D eigenvalue weighted by atomic mass is 16.5. The topological polar surface area (TPSA) is 55.3 Å². The lowest BCUT2D eigenvalue weighted by Gasteiger charge is -2.28. The third-order valence-corrected chi connectivity index (χ3v) is 5.98. The number of benzene rings is 3.